The van der Waals surface area contributed by atoms with Crippen LogP contribution in [-0.2, 0) is 18.4 Å². The molecule has 0 radical (unpaired) electrons. The largest absolute Gasteiger partial charge is 0.355 e. The summed E-state index contributed by atoms with van der Waals surface area (Å²) in [5.41, 5.74) is 2.97. The van der Waals surface area contributed by atoms with Crippen molar-refractivity contribution in [2.75, 3.05) is 7.05 Å². The third-order valence-electron chi connectivity index (χ3n) is 3.51. The van der Waals surface area contributed by atoms with Crippen LogP contribution in [0.15, 0.2) is 30.3 Å². The van der Waals surface area contributed by atoms with E-state index in [9.17, 15) is 9.59 Å². The Hall–Kier alpha value is -2.60. The molecular formula is C17H19ClN4O2. The lowest BCUT2D eigenvalue weighted by Crippen LogP contribution is -2.20. The molecule has 2 amide bonds. The maximum Gasteiger partial charge on any atom is 0.251 e. The van der Waals surface area contributed by atoms with Gasteiger partial charge in [-0.1, -0.05) is 23.7 Å². The lowest BCUT2D eigenvalue weighted by atomic mass is 10.1. The quantitative estimate of drug-likeness (QED) is 0.814. The number of benzene rings is 1. The fourth-order valence-electron chi connectivity index (χ4n) is 2.16. The average molecular weight is 347 g/mol. The Kier molecular flexibility index (Phi) is 5.76. The van der Waals surface area contributed by atoms with E-state index in [1.54, 1.807) is 49.1 Å². The molecule has 0 atom stereocenters. The van der Waals surface area contributed by atoms with Crippen LogP contribution >= 0.6 is 11.6 Å². The maximum absolute atomic E-state index is 11.9. The molecule has 1 aromatic heterocycles. The third-order valence-corrected chi connectivity index (χ3v) is 3.96. The summed E-state index contributed by atoms with van der Waals surface area (Å²) >= 11 is 6.11. The Labute approximate surface area is 145 Å². The summed E-state index contributed by atoms with van der Waals surface area (Å²) in [7, 11) is 3.33. The number of amides is 2. The van der Waals surface area contributed by atoms with Crippen LogP contribution in [0.2, 0.25) is 5.15 Å². The molecule has 0 saturated heterocycles. The smallest absolute Gasteiger partial charge is 0.251 e. The first-order valence-electron chi connectivity index (χ1n) is 7.38. The Morgan fingerprint density at radius 1 is 1.29 bits per heavy atom. The van der Waals surface area contributed by atoms with Crippen molar-refractivity contribution in [3.05, 3.63) is 57.9 Å². The molecule has 1 aromatic carbocycles. The number of halogens is 1. The number of nitrogens with zero attached hydrogens (tertiary/aromatic N) is 2. The van der Waals surface area contributed by atoms with Crippen molar-refractivity contribution in [2.45, 2.75) is 13.5 Å². The van der Waals surface area contributed by atoms with Gasteiger partial charge in [-0.2, -0.15) is 5.10 Å². The summed E-state index contributed by atoms with van der Waals surface area (Å²) in [6.07, 6.45) is 3.07. The molecule has 1 heterocycles. The van der Waals surface area contributed by atoms with E-state index >= 15 is 0 Å². The van der Waals surface area contributed by atoms with Crippen molar-refractivity contribution >= 4 is 29.5 Å². The highest BCUT2D eigenvalue weighted by Crippen LogP contribution is 2.19. The number of aromatic nitrogens is 2. The normalized spacial score (nSPS) is 10.8. The molecule has 6 nitrogen and oxygen atoms in total. The molecule has 0 unspecified atom stereocenters. The monoisotopic (exact) mass is 346 g/mol. The van der Waals surface area contributed by atoms with Gasteiger partial charge < -0.3 is 10.6 Å². The highest BCUT2D eigenvalue weighted by Gasteiger charge is 2.08. The molecule has 2 N–H and O–H groups in total. The zero-order chi connectivity index (χ0) is 17.7. The van der Waals surface area contributed by atoms with Gasteiger partial charge in [0.1, 0.15) is 5.15 Å². The van der Waals surface area contributed by atoms with E-state index < -0.39 is 0 Å². The molecule has 0 aliphatic carbocycles. The van der Waals surface area contributed by atoms with Gasteiger partial charge in [0.25, 0.3) is 5.91 Å². The van der Waals surface area contributed by atoms with Crippen molar-refractivity contribution in [2.24, 2.45) is 7.05 Å². The summed E-state index contributed by atoms with van der Waals surface area (Å²) in [6, 6.07) is 7.04. The zero-order valence-corrected chi connectivity index (χ0v) is 14.5. The minimum absolute atomic E-state index is 0.141. The van der Waals surface area contributed by atoms with Crippen LogP contribution < -0.4 is 10.6 Å². The summed E-state index contributed by atoms with van der Waals surface area (Å²) in [5.74, 6) is -0.373. The molecule has 2 rings (SSSR count). The van der Waals surface area contributed by atoms with Crippen molar-refractivity contribution in [1.29, 1.82) is 0 Å². The van der Waals surface area contributed by atoms with Crippen LogP contribution in [0.25, 0.3) is 6.08 Å². The standard InChI is InChI=1S/C17H19ClN4O2/c1-11-14(16(18)22(3)21-11)8-9-15(23)20-10-12-4-6-13(7-5-12)17(24)19-2/h4-9H,10H2,1-3H3,(H,19,24)(H,20,23)/b9-8+. The number of carbonyl (C=O) groups is 2. The topological polar surface area (TPSA) is 76.0 Å². The molecular weight excluding hydrogens is 328 g/mol. The van der Waals surface area contributed by atoms with Crippen LogP contribution in [0.1, 0.15) is 27.2 Å². The SMILES string of the molecule is CNC(=O)c1ccc(CNC(=O)/C=C/c2c(C)nn(C)c2Cl)cc1. The zero-order valence-electron chi connectivity index (χ0n) is 13.8. The Morgan fingerprint density at radius 2 is 1.96 bits per heavy atom. The van der Waals surface area contributed by atoms with Crippen molar-refractivity contribution in [3.63, 3.8) is 0 Å². The lowest BCUT2D eigenvalue weighted by molar-refractivity contribution is -0.116. The third kappa shape index (κ3) is 4.23. The molecule has 0 bridgehead atoms. The van der Waals surface area contributed by atoms with Crippen molar-refractivity contribution in [1.82, 2.24) is 20.4 Å². The predicted molar refractivity (Wildman–Crippen MR) is 93.7 cm³/mol. The van der Waals surface area contributed by atoms with Gasteiger partial charge in [0.05, 0.1) is 5.69 Å². The molecule has 0 aliphatic heterocycles. The van der Waals surface area contributed by atoms with Gasteiger partial charge in [-0.3, -0.25) is 14.3 Å². The number of carbonyl (C=O) groups excluding carboxylic acids is 2. The Bertz CT molecular complexity index is 779. The molecule has 24 heavy (non-hydrogen) atoms. The number of hydrogen-bond donors (Lipinski definition) is 2. The summed E-state index contributed by atoms with van der Waals surface area (Å²) < 4.78 is 1.56. The van der Waals surface area contributed by atoms with E-state index in [0.29, 0.717) is 17.3 Å². The Morgan fingerprint density at radius 3 is 2.50 bits per heavy atom. The molecule has 0 fully saturated rings. The molecule has 0 spiro atoms. The van der Waals surface area contributed by atoms with E-state index in [1.807, 2.05) is 6.92 Å². The first-order chi connectivity index (χ1) is 11.4. The van der Waals surface area contributed by atoms with Crippen molar-refractivity contribution < 1.29 is 9.59 Å². The second kappa shape index (κ2) is 7.79. The highest BCUT2D eigenvalue weighted by atomic mass is 35.5. The van der Waals surface area contributed by atoms with Gasteiger partial charge in [-0.25, -0.2) is 0 Å². The van der Waals surface area contributed by atoms with Gasteiger partial charge in [0, 0.05) is 37.8 Å². The minimum Gasteiger partial charge on any atom is -0.355 e. The maximum atomic E-state index is 11.9. The van der Waals surface area contributed by atoms with Crippen LogP contribution in [-0.4, -0.2) is 28.6 Å². The lowest BCUT2D eigenvalue weighted by Gasteiger charge is -2.04. The highest BCUT2D eigenvalue weighted by molar-refractivity contribution is 6.31. The second-order valence-corrected chi connectivity index (χ2v) is 5.60. The molecule has 2 aromatic rings. The van der Waals surface area contributed by atoms with Crippen molar-refractivity contribution in [3.8, 4) is 0 Å². The van der Waals surface area contributed by atoms with Crippen LogP contribution in [0.4, 0.5) is 0 Å². The number of hydrogen-bond acceptors (Lipinski definition) is 3. The van der Waals surface area contributed by atoms with E-state index in [4.69, 9.17) is 11.6 Å². The van der Waals surface area contributed by atoms with E-state index in [2.05, 4.69) is 15.7 Å². The number of aryl methyl sites for hydroxylation is 2. The first kappa shape index (κ1) is 17.7. The summed E-state index contributed by atoms with van der Waals surface area (Å²) in [5, 5.41) is 10.0. The van der Waals surface area contributed by atoms with Gasteiger partial charge in [0.15, 0.2) is 0 Å². The van der Waals surface area contributed by atoms with Crippen LogP contribution in [0.3, 0.4) is 0 Å². The number of nitrogens with one attached hydrogen (secondary N) is 2. The number of rotatable bonds is 5. The van der Waals surface area contributed by atoms with Crippen LogP contribution in [0, 0.1) is 6.92 Å². The van der Waals surface area contributed by atoms with E-state index in [-0.39, 0.29) is 11.8 Å². The molecule has 0 aliphatic rings. The summed E-state index contributed by atoms with van der Waals surface area (Å²) in [4.78, 5) is 23.4. The van der Waals surface area contributed by atoms with Gasteiger partial charge in [-0.15, -0.1) is 0 Å². The molecule has 0 saturated carbocycles. The predicted octanol–water partition coefficient (Wildman–Crippen LogP) is 2.07. The molecule has 7 heteroatoms. The van der Waals surface area contributed by atoms with Gasteiger partial charge in [-0.05, 0) is 30.7 Å². The Balaban J connectivity index is 1.93. The van der Waals surface area contributed by atoms with Crippen LogP contribution in [0.5, 0.6) is 0 Å². The fourth-order valence-corrected chi connectivity index (χ4v) is 2.40. The van der Waals surface area contributed by atoms with E-state index in [1.165, 1.54) is 6.08 Å². The summed E-state index contributed by atoms with van der Waals surface area (Å²) in [6.45, 7) is 2.20. The fraction of sp³-hybridized carbons (Fsp3) is 0.235. The molecule has 126 valence electrons. The van der Waals surface area contributed by atoms with E-state index in [0.717, 1.165) is 16.8 Å². The van der Waals surface area contributed by atoms with Gasteiger partial charge >= 0.3 is 0 Å². The minimum atomic E-state index is -0.232. The average Bonchev–Trinajstić information content (AvgIpc) is 2.83. The second-order valence-electron chi connectivity index (χ2n) is 5.24. The van der Waals surface area contributed by atoms with Gasteiger partial charge in [0.2, 0.25) is 5.91 Å². The first-order valence-corrected chi connectivity index (χ1v) is 7.76.